The number of dihydropyridines is 1. The topological polar surface area (TPSA) is 64.3 Å². The molecule has 0 amide bonds. The average molecular weight is 545 g/mol. The average Bonchev–Trinajstić information content (AvgIpc) is 2.97. The normalized spacial score (nSPS) is 15.7. The Balaban J connectivity index is 1.85. The molecule has 0 saturated heterocycles. The molecule has 0 spiro atoms. The summed E-state index contributed by atoms with van der Waals surface area (Å²) in [5.41, 5.74) is 3.28. The van der Waals surface area contributed by atoms with Gasteiger partial charge in [-0.2, -0.15) is 0 Å². The van der Waals surface area contributed by atoms with Crippen molar-refractivity contribution in [2.45, 2.75) is 33.6 Å². The first-order valence-corrected chi connectivity index (χ1v) is 11.2. The second kappa shape index (κ2) is 8.49. The summed E-state index contributed by atoms with van der Waals surface area (Å²) in [4.78, 5) is 9.01. The minimum atomic E-state index is 0.593. The zero-order valence-corrected chi connectivity index (χ0v) is 20.5. The summed E-state index contributed by atoms with van der Waals surface area (Å²) in [6.07, 6.45) is 6.04. The van der Waals surface area contributed by atoms with E-state index in [1.54, 1.807) is 13.3 Å². The number of ether oxygens (including phenoxy) is 1. The summed E-state index contributed by atoms with van der Waals surface area (Å²) in [6.45, 7) is 8.56. The molecule has 6 nitrogen and oxygen atoms in total. The zero-order valence-electron chi connectivity index (χ0n) is 16.0. The van der Waals surface area contributed by atoms with E-state index in [2.05, 4.69) is 44.6 Å². The van der Waals surface area contributed by atoms with Gasteiger partial charge >= 0.3 is 172 Å². The van der Waals surface area contributed by atoms with Gasteiger partial charge in [-0.1, -0.05) is 0 Å². The Kier molecular flexibility index (Phi) is 6.31. The number of nitrogens with one attached hydrogen (secondary N) is 1. The van der Waals surface area contributed by atoms with Gasteiger partial charge in [0.25, 0.3) is 0 Å². The number of aliphatic imine (C=N–C) groups is 1. The van der Waals surface area contributed by atoms with Gasteiger partial charge in [-0.25, -0.2) is 0 Å². The quantitative estimate of drug-likeness (QED) is 0.568. The van der Waals surface area contributed by atoms with E-state index in [1.165, 1.54) is 12.0 Å². The van der Waals surface area contributed by atoms with Crippen LogP contribution in [0.25, 0.3) is 16.5 Å². The molecule has 1 unspecified atom stereocenters. The number of nitrogens with zero attached hydrogens (tertiary/aromatic N) is 4. The van der Waals surface area contributed by atoms with E-state index < -0.39 is 0 Å². The fourth-order valence-electron chi connectivity index (χ4n) is 3.48. The molecule has 0 aliphatic carbocycles. The number of hydrogen-bond acceptors (Lipinski definition) is 5. The summed E-state index contributed by atoms with van der Waals surface area (Å²) < 4.78 is 7.55. The number of rotatable bonds is 6. The third-order valence-corrected chi connectivity index (χ3v) is 6.09. The fraction of sp³-hybridized carbons (Fsp3) is 0.526. The van der Waals surface area contributed by atoms with Crippen LogP contribution in [0.3, 0.4) is 0 Å². The first-order chi connectivity index (χ1) is 12.5. The van der Waals surface area contributed by atoms with Crippen LogP contribution in [0.2, 0.25) is 0 Å². The Morgan fingerprint density at radius 1 is 1.35 bits per heavy atom. The Labute approximate surface area is 171 Å². The van der Waals surface area contributed by atoms with Crippen LogP contribution in [-0.2, 0) is 0 Å². The molecular formula is C19H26N5OTl. The van der Waals surface area contributed by atoms with E-state index >= 15 is 0 Å². The van der Waals surface area contributed by atoms with Gasteiger partial charge in [0.15, 0.2) is 0 Å². The second-order valence-corrected chi connectivity index (χ2v) is 9.21. The molecule has 3 rings (SSSR count). The molecule has 3 heterocycles. The van der Waals surface area contributed by atoms with E-state index in [9.17, 15) is 0 Å². The van der Waals surface area contributed by atoms with Gasteiger partial charge in [0, 0.05) is 0 Å². The number of pyridine rings is 1. The van der Waals surface area contributed by atoms with Gasteiger partial charge < -0.3 is 0 Å². The van der Waals surface area contributed by atoms with Crippen LogP contribution in [-0.4, -0.2) is 64.7 Å². The molecule has 0 radical (unpaired) electrons. The van der Waals surface area contributed by atoms with Crippen LogP contribution >= 0.6 is 0 Å². The van der Waals surface area contributed by atoms with E-state index in [4.69, 9.17) is 9.84 Å². The SMILES string of the molecule is COc1nccc2c1c(C1=CC(NCC(C)CC(C)C)=NCC1)n[n]2[Tl]. The van der Waals surface area contributed by atoms with Crippen molar-refractivity contribution in [2.75, 3.05) is 20.2 Å². The third-order valence-electron chi connectivity index (χ3n) is 4.56. The third kappa shape index (κ3) is 4.27. The summed E-state index contributed by atoms with van der Waals surface area (Å²) >= 11 is 0.593. The summed E-state index contributed by atoms with van der Waals surface area (Å²) in [5.74, 6) is 2.95. The van der Waals surface area contributed by atoms with Crippen LogP contribution in [0, 0.1) is 11.8 Å². The van der Waals surface area contributed by atoms with Gasteiger partial charge in [0.2, 0.25) is 0 Å². The predicted octanol–water partition coefficient (Wildman–Crippen LogP) is 2.83. The molecule has 0 fully saturated rings. The number of fused-ring (bicyclic) bond motifs is 1. The second-order valence-electron chi connectivity index (χ2n) is 7.31. The maximum atomic E-state index is 5.50. The summed E-state index contributed by atoms with van der Waals surface area (Å²) in [5, 5.41) is 9.34. The summed E-state index contributed by atoms with van der Waals surface area (Å²) in [7, 11) is 1.66. The zero-order chi connectivity index (χ0) is 18.7. The van der Waals surface area contributed by atoms with Gasteiger partial charge in [0.05, 0.1) is 0 Å². The Morgan fingerprint density at radius 3 is 2.88 bits per heavy atom. The first kappa shape index (κ1) is 19.3. The molecule has 136 valence electrons. The standard InChI is InChI=1S/C19H26N5O.Tl/c1-12(2)9-13(3)11-22-16-10-14(5-7-20-16)18-17-15(23-24-18)6-8-21-19(17)25-4;/h6,8,10,12-13H,5,7,9,11H2,1-4H3,(H-,20,22,23,24);/q-1;+1. The van der Waals surface area contributed by atoms with Crippen molar-refractivity contribution in [3.05, 3.63) is 24.0 Å². The van der Waals surface area contributed by atoms with E-state index in [-0.39, 0.29) is 0 Å². The molecule has 1 N–H and O–H groups in total. The van der Waals surface area contributed by atoms with Gasteiger partial charge in [-0.3, -0.25) is 0 Å². The van der Waals surface area contributed by atoms with Crippen molar-refractivity contribution < 1.29 is 4.74 Å². The van der Waals surface area contributed by atoms with Crippen LogP contribution in [0.1, 0.15) is 39.3 Å². The van der Waals surface area contributed by atoms with Crippen molar-refractivity contribution in [2.24, 2.45) is 16.8 Å². The van der Waals surface area contributed by atoms with Crippen molar-refractivity contribution in [3.63, 3.8) is 0 Å². The number of hydrogen-bond donors (Lipinski definition) is 1. The number of methoxy groups -OCH3 is 1. The maximum absolute atomic E-state index is 5.50. The van der Waals surface area contributed by atoms with Crippen molar-refractivity contribution in [1.82, 2.24) is 17.9 Å². The predicted molar refractivity (Wildman–Crippen MR) is 107 cm³/mol. The van der Waals surface area contributed by atoms with Crippen molar-refractivity contribution in [1.29, 1.82) is 0 Å². The molecule has 0 aromatic carbocycles. The molecule has 2 aromatic rings. The molecule has 2 aromatic heterocycles. The van der Waals surface area contributed by atoms with E-state index in [0.717, 1.165) is 47.9 Å². The Hall–Kier alpha value is -1.45. The van der Waals surface area contributed by atoms with Crippen LogP contribution in [0.4, 0.5) is 0 Å². The molecule has 0 saturated carbocycles. The van der Waals surface area contributed by atoms with E-state index in [1.807, 2.05) is 6.07 Å². The Bertz CT molecular complexity index is 840. The molecule has 7 heteroatoms. The monoisotopic (exact) mass is 545 g/mol. The number of amidine groups is 1. The minimum absolute atomic E-state index is 0.593. The Morgan fingerprint density at radius 2 is 2.15 bits per heavy atom. The summed E-state index contributed by atoms with van der Waals surface area (Å²) in [6, 6.07) is 2.01. The molecular weight excluding hydrogens is 519 g/mol. The van der Waals surface area contributed by atoms with Gasteiger partial charge in [-0.15, -0.1) is 0 Å². The van der Waals surface area contributed by atoms with E-state index in [0.29, 0.717) is 37.9 Å². The molecule has 26 heavy (non-hydrogen) atoms. The van der Waals surface area contributed by atoms with Crippen LogP contribution in [0.5, 0.6) is 5.88 Å². The molecule has 1 aliphatic heterocycles. The van der Waals surface area contributed by atoms with Crippen LogP contribution in [0.15, 0.2) is 23.3 Å². The van der Waals surface area contributed by atoms with Crippen molar-refractivity contribution >= 4 is 48.4 Å². The van der Waals surface area contributed by atoms with Crippen LogP contribution < -0.4 is 10.1 Å². The molecule has 1 atom stereocenters. The van der Waals surface area contributed by atoms with Gasteiger partial charge in [0.1, 0.15) is 0 Å². The number of aromatic nitrogens is 3. The fourth-order valence-corrected chi connectivity index (χ4v) is 4.76. The van der Waals surface area contributed by atoms with Crippen molar-refractivity contribution in [3.8, 4) is 5.88 Å². The van der Waals surface area contributed by atoms with Gasteiger partial charge in [-0.05, 0) is 0 Å². The first-order valence-electron chi connectivity index (χ1n) is 9.15. The molecule has 0 bridgehead atoms. The molecule has 1 aliphatic rings.